The van der Waals surface area contributed by atoms with Crippen LogP contribution >= 0.6 is 0 Å². The molecule has 2 N–H and O–H groups in total. The number of phenols is 1. The fraction of sp³-hybridized carbons (Fsp3) is 0.0435. The number of carbonyl (C=O) groups is 1. The van der Waals surface area contributed by atoms with Crippen LogP contribution in [0, 0.1) is 0 Å². The molecule has 1 aromatic heterocycles. The van der Waals surface area contributed by atoms with E-state index in [2.05, 4.69) is 23.5 Å². The number of rotatable bonds is 7. The first kappa shape index (κ1) is 19.7. The van der Waals surface area contributed by atoms with Crippen LogP contribution in [0.2, 0.25) is 0 Å². The van der Waals surface area contributed by atoms with Gasteiger partial charge in [0.05, 0.1) is 12.6 Å². The standard InChI is InChI=1S/C23H20N2O4/c1-4-6-15(5-2)23(27)25-16-7-9-17(10-8-16)29-21-11-12-24-19-14-20(26)22(28-3)13-18(19)21/h4-14,26H,1-2H2,3H3,(H,25,27)/b15-6+. The van der Waals surface area contributed by atoms with Gasteiger partial charge in [-0.25, -0.2) is 0 Å². The largest absolute Gasteiger partial charge is 0.504 e. The molecule has 3 aromatic rings. The zero-order chi connectivity index (χ0) is 20.8. The molecule has 0 atom stereocenters. The zero-order valence-corrected chi connectivity index (χ0v) is 15.9. The molecule has 6 nitrogen and oxygen atoms in total. The van der Waals surface area contributed by atoms with Gasteiger partial charge >= 0.3 is 0 Å². The number of nitrogens with zero attached hydrogens (tertiary/aromatic N) is 1. The lowest BCUT2D eigenvalue weighted by atomic mass is 10.2. The Hall–Kier alpha value is -4.06. The number of carbonyl (C=O) groups excluding carboxylic acids is 1. The molecule has 0 aliphatic rings. The molecule has 146 valence electrons. The third kappa shape index (κ3) is 4.44. The molecule has 0 aliphatic heterocycles. The summed E-state index contributed by atoms with van der Waals surface area (Å²) in [5.41, 5.74) is 1.61. The lowest BCUT2D eigenvalue weighted by Crippen LogP contribution is -2.12. The summed E-state index contributed by atoms with van der Waals surface area (Å²) in [5.74, 6) is 1.20. The van der Waals surface area contributed by atoms with Crippen LogP contribution < -0.4 is 14.8 Å². The Morgan fingerprint density at radius 2 is 1.90 bits per heavy atom. The van der Waals surface area contributed by atoms with E-state index in [1.807, 2.05) is 0 Å². The summed E-state index contributed by atoms with van der Waals surface area (Å²) in [4.78, 5) is 16.4. The van der Waals surface area contributed by atoms with Crippen LogP contribution in [0.5, 0.6) is 23.0 Å². The highest BCUT2D eigenvalue weighted by Gasteiger charge is 2.11. The summed E-state index contributed by atoms with van der Waals surface area (Å²) in [6.45, 7) is 7.20. The van der Waals surface area contributed by atoms with Gasteiger partial charge in [-0.1, -0.05) is 31.4 Å². The monoisotopic (exact) mass is 388 g/mol. The third-order valence-electron chi connectivity index (χ3n) is 4.12. The number of aromatic hydroxyl groups is 1. The van der Waals surface area contributed by atoms with Gasteiger partial charge in [0.15, 0.2) is 11.5 Å². The molecule has 1 amide bonds. The van der Waals surface area contributed by atoms with Gasteiger partial charge in [-0.15, -0.1) is 0 Å². The third-order valence-corrected chi connectivity index (χ3v) is 4.12. The van der Waals surface area contributed by atoms with Crippen molar-refractivity contribution in [2.45, 2.75) is 0 Å². The van der Waals surface area contributed by atoms with E-state index in [4.69, 9.17) is 9.47 Å². The fourth-order valence-electron chi connectivity index (χ4n) is 2.69. The number of amides is 1. The Balaban J connectivity index is 1.81. The maximum Gasteiger partial charge on any atom is 0.255 e. The van der Waals surface area contributed by atoms with Crippen molar-refractivity contribution in [3.8, 4) is 23.0 Å². The average molecular weight is 388 g/mol. The van der Waals surface area contributed by atoms with Crippen molar-refractivity contribution >= 4 is 22.5 Å². The molecule has 0 saturated heterocycles. The SMILES string of the molecule is C=C/C=C(\C=C)C(=O)Nc1ccc(Oc2ccnc3cc(O)c(OC)cc23)cc1. The normalized spacial score (nSPS) is 11.0. The lowest BCUT2D eigenvalue weighted by Gasteiger charge is -2.11. The number of hydrogen-bond acceptors (Lipinski definition) is 5. The number of ether oxygens (including phenoxy) is 2. The number of fused-ring (bicyclic) bond motifs is 1. The van der Waals surface area contributed by atoms with Crippen molar-refractivity contribution in [2.24, 2.45) is 0 Å². The molecule has 1 heterocycles. The average Bonchev–Trinajstić information content (AvgIpc) is 2.73. The lowest BCUT2D eigenvalue weighted by molar-refractivity contribution is -0.112. The van der Waals surface area contributed by atoms with Crippen molar-refractivity contribution < 1.29 is 19.4 Å². The van der Waals surface area contributed by atoms with Gasteiger partial charge in [0.2, 0.25) is 0 Å². The number of methoxy groups -OCH3 is 1. The predicted molar refractivity (Wildman–Crippen MR) is 114 cm³/mol. The van der Waals surface area contributed by atoms with Gasteiger partial charge in [-0.3, -0.25) is 9.78 Å². The smallest absolute Gasteiger partial charge is 0.255 e. The van der Waals surface area contributed by atoms with E-state index in [0.717, 1.165) is 0 Å². The minimum atomic E-state index is -0.277. The summed E-state index contributed by atoms with van der Waals surface area (Å²) >= 11 is 0. The van der Waals surface area contributed by atoms with Gasteiger partial charge in [-0.05, 0) is 36.4 Å². The zero-order valence-electron chi connectivity index (χ0n) is 15.9. The van der Waals surface area contributed by atoms with Gasteiger partial charge in [0.25, 0.3) is 5.91 Å². The van der Waals surface area contributed by atoms with E-state index >= 15 is 0 Å². The second-order valence-corrected chi connectivity index (χ2v) is 5.99. The maximum absolute atomic E-state index is 12.2. The van der Waals surface area contributed by atoms with Crippen LogP contribution in [0.4, 0.5) is 5.69 Å². The second kappa shape index (κ2) is 8.75. The number of hydrogen-bond donors (Lipinski definition) is 2. The first-order valence-electron chi connectivity index (χ1n) is 8.76. The minimum absolute atomic E-state index is 0.00846. The summed E-state index contributed by atoms with van der Waals surface area (Å²) < 4.78 is 11.1. The van der Waals surface area contributed by atoms with Gasteiger partial charge in [0, 0.05) is 28.9 Å². The summed E-state index contributed by atoms with van der Waals surface area (Å²) in [5, 5.41) is 13.4. The van der Waals surface area contributed by atoms with Crippen LogP contribution in [0.15, 0.2) is 85.6 Å². The molecular weight excluding hydrogens is 368 g/mol. The molecule has 0 aliphatic carbocycles. The van der Waals surface area contributed by atoms with Crippen molar-refractivity contribution in [2.75, 3.05) is 12.4 Å². The number of nitrogens with one attached hydrogen (secondary N) is 1. The van der Waals surface area contributed by atoms with Crippen molar-refractivity contribution in [1.82, 2.24) is 4.98 Å². The number of allylic oxidation sites excluding steroid dienone is 2. The Morgan fingerprint density at radius 1 is 1.14 bits per heavy atom. The number of aromatic nitrogens is 1. The quantitative estimate of drug-likeness (QED) is 0.441. The van der Waals surface area contributed by atoms with Crippen LogP contribution in [0.1, 0.15) is 0 Å². The first-order valence-corrected chi connectivity index (χ1v) is 8.76. The number of pyridine rings is 1. The van der Waals surface area contributed by atoms with Crippen LogP contribution in [0.3, 0.4) is 0 Å². The van der Waals surface area contributed by atoms with E-state index in [1.165, 1.54) is 25.3 Å². The minimum Gasteiger partial charge on any atom is -0.504 e. The Kier molecular flexibility index (Phi) is 5.94. The number of anilines is 1. The van der Waals surface area contributed by atoms with Crippen LogP contribution in [-0.4, -0.2) is 23.1 Å². The maximum atomic E-state index is 12.2. The highest BCUT2D eigenvalue weighted by molar-refractivity contribution is 6.05. The highest BCUT2D eigenvalue weighted by Crippen LogP contribution is 2.36. The van der Waals surface area contributed by atoms with Crippen LogP contribution in [-0.2, 0) is 4.79 Å². The van der Waals surface area contributed by atoms with E-state index in [-0.39, 0.29) is 11.7 Å². The molecule has 29 heavy (non-hydrogen) atoms. The molecular formula is C23H20N2O4. The fourth-order valence-corrected chi connectivity index (χ4v) is 2.69. The Bertz CT molecular complexity index is 1100. The van der Waals surface area contributed by atoms with E-state index in [0.29, 0.717) is 39.4 Å². The number of phenolic OH excluding ortho intramolecular Hbond substituents is 1. The van der Waals surface area contributed by atoms with Gasteiger partial charge < -0.3 is 19.9 Å². The van der Waals surface area contributed by atoms with Crippen molar-refractivity contribution in [3.63, 3.8) is 0 Å². The van der Waals surface area contributed by atoms with E-state index in [9.17, 15) is 9.90 Å². The van der Waals surface area contributed by atoms with Crippen molar-refractivity contribution in [3.05, 3.63) is 85.6 Å². The van der Waals surface area contributed by atoms with Gasteiger partial charge in [0.1, 0.15) is 11.5 Å². The molecule has 0 radical (unpaired) electrons. The molecule has 0 bridgehead atoms. The van der Waals surface area contributed by atoms with Crippen molar-refractivity contribution in [1.29, 1.82) is 0 Å². The predicted octanol–water partition coefficient (Wildman–Crippen LogP) is 4.98. The highest BCUT2D eigenvalue weighted by atomic mass is 16.5. The van der Waals surface area contributed by atoms with Crippen LogP contribution in [0.25, 0.3) is 10.9 Å². The molecule has 0 saturated carbocycles. The molecule has 3 rings (SSSR count). The number of benzene rings is 2. The Morgan fingerprint density at radius 3 is 2.55 bits per heavy atom. The topological polar surface area (TPSA) is 80.7 Å². The van der Waals surface area contributed by atoms with E-state index < -0.39 is 0 Å². The molecule has 0 fully saturated rings. The summed E-state index contributed by atoms with van der Waals surface area (Å²) in [6, 6.07) is 11.9. The second-order valence-electron chi connectivity index (χ2n) is 5.99. The van der Waals surface area contributed by atoms with E-state index in [1.54, 1.807) is 48.7 Å². The first-order chi connectivity index (χ1) is 14.0. The molecule has 0 unspecified atom stereocenters. The molecule has 2 aromatic carbocycles. The summed E-state index contributed by atoms with van der Waals surface area (Å²) in [6.07, 6.45) is 6.18. The van der Waals surface area contributed by atoms with Gasteiger partial charge in [-0.2, -0.15) is 0 Å². The summed E-state index contributed by atoms with van der Waals surface area (Å²) in [7, 11) is 1.48. The molecule has 0 spiro atoms. The Labute approximate surface area is 168 Å². The molecule has 6 heteroatoms.